The fourth-order valence-corrected chi connectivity index (χ4v) is 3.35. The molecule has 5 unspecified atom stereocenters. The molecule has 5 atom stereocenters. The zero-order chi connectivity index (χ0) is 21.2. The molecule has 1 aliphatic heterocycles. The maximum absolute atomic E-state index is 11.8. The third-order valence-corrected chi connectivity index (χ3v) is 5.23. The molecule has 1 aromatic rings. The van der Waals surface area contributed by atoms with Gasteiger partial charge in [-0.05, 0) is 18.4 Å². The van der Waals surface area contributed by atoms with Gasteiger partial charge in [0.05, 0.1) is 6.61 Å². The molecule has 7 nitrogen and oxygen atoms in total. The number of rotatable bonds is 10. The second kappa shape index (κ2) is 11.9. The van der Waals surface area contributed by atoms with Crippen molar-refractivity contribution in [2.75, 3.05) is 13.2 Å². The van der Waals surface area contributed by atoms with Gasteiger partial charge in [-0.3, -0.25) is 9.59 Å². The summed E-state index contributed by atoms with van der Waals surface area (Å²) in [6.45, 7) is 5.75. The SMILES string of the molecule is CC(=O)OC1C(CO)OC(OCCCCC(=O)OCc2ccccc2)C(C)C1C. The topological polar surface area (TPSA) is 91.3 Å². The summed E-state index contributed by atoms with van der Waals surface area (Å²) in [5.41, 5.74) is 0.965. The highest BCUT2D eigenvalue weighted by Crippen LogP contribution is 2.33. The van der Waals surface area contributed by atoms with Crippen LogP contribution in [0.2, 0.25) is 0 Å². The first kappa shape index (κ1) is 23.3. The summed E-state index contributed by atoms with van der Waals surface area (Å²) in [7, 11) is 0. The number of aliphatic hydroxyl groups is 1. The van der Waals surface area contributed by atoms with Crippen LogP contribution < -0.4 is 0 Å². The first-order chi connectivity index (χ1) is 13.9. The highest BCUT2D eigenvalue weighted by atomic mass is 16.7. The van der Waals surface area contributed by atoms with Crippen LogP contribution in [0.4, 0.5) is 0 Å². The second-order valence-corrected chi connectivity index (χ2v) is 7.49. The Bertz CT molecular complexity index is 631. The molecule has 0 aliphatic carbocycles. The van der Waals surface area contributed by atoms with Crippen molar-refractivity contribution in [3.8, 4) is 0 Å². The average Bonchev–Trinajstić information content (AvgIpc) is 2.71. The Hall–Kier alpha value is -1.96. The molecule has 0 amide bonds. The van der Waals surface area contributed by atoms with E-state index < -0.39 is 24.5 Å². The maximum atomic E-state index is 11.8. The zero-order valence-corrected chi connectivity index (χ0v) is 17.4. The van der Waals surface area contributed by atoms with Crippen LogP contribution in [0, 0.1) is 11.8 Å². The second-order valence-electron chi connectivity index (χ2n) is 7.49. The van der Waals surface area contributed by atoms with E-state index in [9.17, 15) is 14.7 Å². The molecule has 0 bridgehead atoms. The quantitative estimate of drug-likeness (QED) is 0.470. The third kappa shape index (κ3) is 7.42. The smallest absolute Gasteiger partial charge is 0.306 e. The van der Waals surface area contributed by atoms with Gasteiger partial charge in [-0.1, -0.05) is 44.2 Å². The van der Waals surface area contributed by atoms with Gasteiger partial charge in [-0.15, -0.1) is 0 Å². The van der Waals surface area contributed by atoms with E-state index in [0.717, 1.165) is 5.56 Å². The Balaban J connectivity index is 1.66. The van der Waals surface area contributed by atoms with Crippen molar-refractivity contribution < 1.29 is 33.6 Å². The summed E-state index contributed by atoms with van der Waals surface area (Å²) >= 11 is 0. The average molecular weight is 408 g/mol. The molecule has 1 aromatic carbocycles. The van der Waals surface area contributed by atoms with E-state index in [0.29, 0.717) is 25.9 Å². The van der Waals surface area contributed by atoms with E-state index in [-0.39, 0.29) is 31.0 Å². The highest BCUT2D eigenvalue weighted by Gasteiger charge is 2.43. The number of carbonyl (C=O) groups is 2. The van der Waals surface area contributed by atoms with Gasteiger partial charge in [-0.25, -0.2) is 0 Å². The van der Waals surface area contributed by atoms with Gasteiger partial charge in [0.15, 0.2) is 6.29 Å². The molecule has 0 spiro atoms. The summed E-state index contributed by atoms with van der Waals surface area (Å²) < 4.78 is 22.2. The van der Waals surface area contributed by atoms with Crippen molar-refractivity contribution in [1.82, 2.24) is 0 Å². The van der Waals surface area contributed by atoms with Crippen molar-refractivity contribution in [2.24, 2.45) is 11.8 Å². The van der Waals surface area contributed by atoms with Gasteiger partial charge in [-0.2, -0.15) is 0 Å². The lowest BCUT2D eigenvalue weighted by Crippen LogP contribution is -2.53. The molecular weight excluding hydrogens is 376 g/mol. The Morgan fingerprint density at radius 2 is 1.83 bits per heavy atom. The van der Waals surface area contributed by atoms with Crippen molar-refractivity contribution in [2.45, 2.75) is 65.1 Å². The largest absolute Gasteiger partial charge is 0.461 e. The van der Waals surface area contributed by atoms with Crippen LogP contribution in [0.3, 0.4) is 0 Å². The van der Waals surface area contributed by atoms with Crippen LogP contribution in [0.1, 0.15) is 45.6 Å². The third-order valence-electron chi connectivity index (χ3n) is 5.23. The van der Waals surface area contributed by atoms with Crippen LogP contribution in [-0.4, -0.2) is 48.8 Å². The highest BCUT2D eigenvalue weighted by molar-refractivity contribution is 5.69. The number of benzene rings is 1. The van der Waals surface area contributed by atoms with Crippen LogP contribution in [0.5, 0.6) is 0 Å². The van der Waals surface area contributed by atoms with Crippen LogP contribution in [-0.2, 0) is 35.1 Å². The number of aliphatic hydroxyl groups excluding tert-OH is 1. The van der Waals surface area contributed by atoms with E-state index in [1.807, 2.05) is 44.2 Å². The Morgan fingerprint density at radius 1 is 1.10 bits per heavy atom. The Morgan fingerprint density at radius 3 is 2.48 bits per heavy atom. The number of esters is 2. The predicted octanol–water partition coefficient (Wildman–Crippen LogP) is 2.84. The molecule has 1 N–H and O–H groups in total. The standard InChI is InChI=1S/C22H32O7/c1-15-16(2)22(29-19(13-23)21(15)28-17(3)24)26-12-8-7-11-20(25)27-14-18-9-5-4-6-10-18/h4-6,9-10,15-16,19,21-23H,7-8,11-14H2,1-3H3. The molecule has 1 aliphatic rings. The lowest BCUT2D eigenvalue weighted by atomic mass is 9.84. The number of carbonyl (C=O) groups excluding carboxylic acids is 2. The first-order valence-electron chi connectivity index (χ1n) is 10.2. The number of hydrogen-bond acceptors (Lipinski definition) is 7. The fraction of sp³-hybridized carbons (Fsp3) is 0.636. The van der Waals surface area contributed by atoms with Crippen LogP contribution in [0.25, 0.3) is 0 Å². The summed E-state index contributed by atoms with van der Waals surface area (Å²) in [5, 5.41) is 9.58. The lowest BCUT2D eigenvalue weighted by Gasteiger charge is -2.43. The van der Waals surface area contributed by atoms with Gasteiger partial charge < -0.3 is 24.1 Å². The van der Waals surface area contributed by atoms with E-state index in [1.165, 1.54) is 6.92 Å². The molecule has 1 heterocycles. The van der Waals surface area contributed by atoms with Gasteiger partial charge in [0.2, 0.25) is 0 Å². The van der Waals surface area contributed by atoms with Crippen LogP contribution >= 0.6 is 0 Å². The molecule has 1 saturated heterocycles. The van der Waals surface area contributed by atoms with Gasteiger partial charge in [0.25, 0.3) is 0 Å². The van der Waals surface area contributed by atoms with Gasteiger partial charge >= 0.3 is 11.9 Å². The molecule has 7 heteroatoms. The first-order valence-corrected chi connectivity index (χ1v) is 10.2. The number of hydrogen-bond donors (Lipinski definition) is 1. The molecule has 29 heavy (non-hydrogen) atoms. The summed E-state index contributed by atoms with van der Waals surface area (Å²) in [4.78, 5) is 23.1. The van der Waals surface area contributed by atoms with Crippen molar-refractivity contribution >= 4 is 11.9 Å². The molecular formula is C22H32O7. The van der Waals surface area contributed by atoms with Gasteiger partial charge in [0, 0.05) is 31.8 Å². The van der Waals surface area contributed by atoms with Crippen molar-refractivity contribution in [3.05, 3.63) is 35.9 Å². The lowest BCUT2D eigenvalue weighted by molar-refractivity contribution is -0.272. The minimum absolute atomic E-state index is 0.00186. The number of unbranched alkanes of at least 4 members (excludes halogenated alkanes) is 1. The normalized spacial score (nSPS) is 26.7. The summed E-state index contributed by atoms with van der Waals surface area (Å²) in [5.74, 6) is -0.635. The van der Waals surface area contributed by atoms with E-state index >= 15 is 0 Å². The van der Waals surface area contributed by atoms with E-state index in [2.05, 4.69) is 0 Å². The minimum Gasteiger partial charge on any atom is -0.461 e. The van der Waals surface area contributed by atoms with Crippen molar-refractivity contribution in [3.63, 3.8) is 0 Å². The Labute approximate surface area is 172 Å². The zero-order valence-electron chi connectivity index (χ0n) is 17.4. The molecule has 0 radical (unpaired) electrons. The molecule has 162 valence electrons. The predicted molar refractivity (Wildman–Crippen MR) is 106 cm³/mol. The van der Waals surface area contributed by atoms with E-state index in [4.69, 9.17) is 18.9 Å². The summed E-state index contributed by atoms with van der Waals surface area (Å²) in [6.07, 6.45) is 0.0952. The monoisotopic (exact) mass is 408 g/mol. The Kier molecular flexibility index (Phi) is 9.57. The molecule has 0 aromatic heterocycles. The van der Waals surface area contributed by atoms with E-state index in [1.54, 1.807) is 0 Å². The molecule has 2 rings (SSSR count). The molecule has 0 saturated carbocycles. The molecule has 1 fully saturated rings. The van der Waals surface area contributed by atoms with Crippen molar-refractivity contribution in [1.29, 1.82) is 0 Å². The minimum atomic E-state index is -0.608. The summed E-state index contributed by atoms with van der Waals surface area (Å²) in [6, 6.07) is 9.57. The number of ether oxygens (including phenoxy) is 4. The van der Waals surface area contributed by atoms with Gasteiger partial charge in [0.1, 0.15) is 18.8 Å². The van der Waals surface area contributed by atoms with Crippen LogP contribution in [0.15, 0.2) is 30.3 Å². The fourth-order valence-electron chi connectivity index (χ4n) is 3.35. The maximum Gasteiger partial charge on any atom is 0.306 e.